The summed E-state index contributed by atoms with van der Waals surface area (Å²) in [6, 6.07) is 4.44. The summed E-state index contributed by atoms with van der Waals surface area (Å²) < 4.78 is 10.4. The number of carbonyl (C=O) groups excluding carboxylic acids is 1. The van der Waals surface area contributed by atoms with Crippen LogP contribution in [0, 0.1) is 0 Å². The molecule has 0 fully saturated rings. The molecule has 1 rings (SSSR count). The average molecular weight is 341 g/mol. The van der Waals surface area contributed by atoms with Gasteiger partial charge >= 0.3 is 5.97 Å². The summed E-state index contributed by atoms with van der Waals surface area (Å²) in [5.74, 6) is 1.11. The third kappa shape index (κ3) is 6.40. The fourth-order valence-electron chi connectivity index (χ4n) is 2.06. The van der Waals surface area contributed by atoms with Crippen LogP contribution < -0.4 is 14.8 Å². The zero-order valence-corrected chi connectivity index (χ0v) is 14.4. The Morgan fingerprint density at radius 1 is 1.30 bits per heavy atom. The monoisotopic (exact) mass is 341 g/mol. The molecule has 7 heteroatoms. The summed E-state index contributed by atoms with van der Waals surface area (Å²) in [5, 5.41) is 11.9. The molecule has 0 aromatic heterocycles. The van der Waals surface area contributed by atoms with Gasteiger partial charge in [0.1, 0.15) is 11.5 Å². The largest absolute Gasteiger partial charge is 0.497 e. The number of methoxy groups -OCH3 is 2. The Hall–Kier alpha value is -1.89. The van der Waals surface area contributed by atoms with Crippen molar-refractivity contribution in [3.05, 3.63) is 23.8 Å². The molecular weight excluding hydrogens is 318 g/mol. The van der Waals surface area contributed by atoms with E-state index in [0.717, 1.165) is 12.2 Å². The van der Waals surface area contributed by atoms with E-state index < -0.39 is 12.0 Å². The Morgan fingerprint density at radius 2 is 2.04 bits per heavy atom. The van der Waals surface area contributed by atoms with Gasteiger partial charge in [0.2, 0.25) is 5.91 Å². The lowest BCUT2D eigenvalue weighted by Crippen LogP contribution is -2.31. The first-order chi connectivity index (χ1) is 11.0. The smallest absolute Gasteiger partial charge is 0.305 e. The minimum Gasteiger partial charge on any atom is -0.497 e. The summed E-state index contributed by atoms with van der Waals surface area (Å²) >= 11 is 1.52. The molecule has 0 saturated heterocycles. The average Bonchev–Trinajstić information content (AvgIpc) is 2.53. The molecule has 128 valence electrons. The number of rotatable bonds is 10. The second-order valence-corrected chi connectivity index (χ2v) is 5.98. The number of ether oxygens (including phenoxy) is 2. The number of carboxylic acids is 1. The summed E-state index contributed by atoms with van der Waals surface area (Å²) in [7, 11) is 3.03. The van der Waals surface area contributed by atoms with E-state index in [0.29, 0.717) is 22.8 Å². The Bertz CT molecular complexity index is 535. The van der Waals surface area contributed by atoms with Gasteiger partial charge < -0.3 is 19.9 Å². The molecule has 1 aromatic carbocycles. The van der Waals surface area contributed by atoms with Crippen molar-refractivity contribution in [3.63, 3.8) is 0 Å². The molecule has 0 spiro atoms. The van der Waals surface area contributed by atoms with Crippen molar-refractivity contribution in [2.24, 2.45) is 0 Å². The number of thioether (sulfide) groups is 1. The fourth-order valence-corrected chi connectivity index (χ4v) is 2.77. The van der Waals surface area contributed by atoms with Gasteiger partial charge in [-0.2, -0.15) is 11.8 Å². The number of hydrogen-bond acceptors (Lipinski definition) is 5. The van der Waals surface area contributed by atoms with Crippen molar-refractivity contribution in [1.82, 2.24) is 5.32 Å². The SMILES string of the molecule is CCCSCC(=O)NC(CC(=O)O)c1ccc(OC)cc1OC. The van der Waals surface area contributed by atoms with Crippen LogP contribution in [0.25, 0.3) is 0 Å². The first-order valence-electron chi connectivity index (χ1n) is 7.32. The van der Waals surface area contributed by atoms with Crippen LogP contribution in [-0.4, -0.2) is 42.7 Å². The van der Waals surface area contributed by atoms with Crippen molar-refractivity contribution < 1.29 is 24.2 Å². The maximum Gasteiger partial charge on any atom is 0.305 e. The highest BCUT2D eigenvalue weighted by atomic mass is 32.2. The third-order valence-corrected chi connectivity index (χ3v) is 4.27. The maximum atomic E-state index is 12.0. The molecule has 6 nitrogen and oxygen atoms in total. The van der Waals surface area contributed by atoms with Crippen LogP contribution in [0.4, 0.5) is 0 Å². The standard InChI is InChI=1S/C16H23NO5S/c1-4-7-23-10-15(18)17-13(9-16(19)20)12-6-5-11(21-2)8-14(12)22-3/h5-6,8,13H,4,7,9-10H2,1-3H3,(H,17,18)(H,19,20). The normalized spacial score (nSPS) is 11.6. The lowest BCUT2D eigenvalue weighted by atomic mass is 10.0. The molecule has 1 atom stereocenters. The van der Waals surface area contributed by atoms with Crippen molar-refractivity contribution in [1.29, 1.82) is 0 Å². The van der Waals surface area contributed by atoms with Gasteiger partial charge in [-0.3, -0.25) is 9.59 Å². The zero-order chi connectivity index (χ0) is 17.2. The zero-order valence-electron chi connectivity index (χ0n) is 13.6. The number of hydrogen-bond donors (Lipinski definition) is 2. The van der Waals surface area contributed by atoms with Gasteiger partial charge in [-0.25, -0.2) is 0 Å². The van der Waals surface area contributed by atoms with Crippen LogP contribution in [0.15, 0.2) is 18.2 Å². The molecular formula is C16H23NO5S. The Labute approximate surface area is 140 Å². The predicted octanol–water partition coefficient (Wildman–Crippen LogP) is 2.48. The van der Waals surface area contributed by atoms with Crippen LogP contribution in [0.2, 0.25) is 0 Å². The highest BCUT2D eigenvalue weighted by Crippen LogP contribution is 2.31. The van der Waals surface area contributed by atoms with Gasteiger partial charge in [0.15, 0.2) is 0 Å². The number of amides is 1. The first-order valence-corrected chi connectivity index (χ1v) is 8.48. The summed E-state index contributed by atoms with van der Waals surface area (Å²) in [6.07, 6.45) is 0.773. The van der Waals surface area contributed by atoms with E-state index in [1.165, 1.54) is 26.0 Å². The van der Waals surface area contributed by atoms with Crippen molar-refractivity contribution in [2.75, 3.05) is 25.7 Å². The van der Waals surface area contributed by atoms with E-state index >= 15 is 0 Å². The molecule has 0 radical (unpaired) electrons. The molecule has 0 bridgehead atoms. The molecule has 0 aliphatic rings. The Balaban J connectivity index is 2.93. The van der Waals surface area contributed by atoms with Crippen LogP contribution in [0.1, 0.15) is 31.4 Å². The van der Waals surface area contributed by atoms with Gasteiger partial charge in [0, 0.05) is 11.6 Å². The fraction of sp³-hybridized carbons (Fsp3) is 0.500. The van der Waals surface area contributed by atoms with Crippen molar-refractivity contribution in [3.8, 4) is 11.5 Å². The van der Waals surface area contributed by atoms with Gasteiger partial charge in [-0.15, -0.1) is 0 Å². The minimum atomic E-state index is -0.991. The van der Waals surface area contributed by atoms with Gasteiger partial charge in [0.05, 0.1) is 32.4 Å². The van der Waals surface area contributed by atoms with Crippen LogP contribution in [0.5, 0.6) is 11.5 Å². The van der Waals surface area contributed by atoms with Crippen LogP contribution >= 0.6 is 11.8 Å². The van der Waals surface area contributed by atoms with E-state index in [2.05, 4.69) is 5.32 Å². The lowest BCUT2D eigenvalue weighted by molar-refractivity contribution is -0.137. The molecule has 0 aliphatic heterocycles. The number of carbonyl (C=O) groups is 2. The number of aliphatic carboxylic acids is 1. The number of carboxylic acid groups (broad SMARTS) is 1. The van der Waals surface area contributed by atoms with E-state index in [4.69, 9.17) is 14.6 Å². The molecule has 1 unspecified atom stereocenters. The van der Waals surface area contributed by atoms with Crippen LogP contribution in [0.3, 0.4) is 0 Å². The van der Waals surface area contributed by atoms with Gasteiger partial charge in [-0.05, 0) is 24.3 Å². The van der Waals surface area contributed by atoms with E-state index in [1.807, 2.05) is 6.92 Å². The van der Waals surface area contributed by atoms with Gasteiger partial charge in [0.25, 0.3) is 0 Å². The second-order valence-electron chi connectivity index (χ2n) is 4.88. The van der Waals surface area contributed by atoms with Crippen molar-refractivity contribution >= 4 is 23.6 Å². The first kappa shape index (κ1) is 19.2. The summed E-state index contributed by atoms with van der Waals surface area (Å²) in [4.78, 5) is 23.1. The molecule has 1 amide bonds. The van der Waals surface area contributed by atoms with Crippen molar-refractivity contribution in [2.45, 2.75) is 25.8 Å². The highest BCUT2D eigenvalue weighted by Gasteiger charge is 2.22. The second kappa shape index (κ2) is 9.99. The Morgan fingerprint density at radius 3 is 2.61 bits per heavy atom. The predicted molar refractivity (Wildman–Crippen MR) is 90.3 cm³/mol. The number of nitrogens with one attached hydrogen (secondary N) is 1. The van der Waals surface area contributed by atoms with E-state index in [1.54, 1.807) is 18.2 Å². The van der Waals surface area contributed by atoms with E-state index in [9.17, 15) is 9.59 Å². The topological polar surface area (TPSA) is 84.9 Å². The Kier molecular flexibility index (Phi) is 8.32. The number of benzene rings is 1. The van der Waals surface area contributed by atoms with Gasteiger partial charge in [-0.1, -0.05) is 6.92 Å². The molecule has 1 aromatic rings. The molecule has 23 heavy (non-hydrogen) atoms. The molecule has 0 heterocycles. The van der Waals surface area contributed by atoms with E-state index in [-0.39, 0.29) is 12.3 Å². The minimum absolute atomic E-state index is 0.187. The summed E-state index contributed by atoms with van der Waals surface area (Å²) in [6.45, 7) is 2.04. The summed E-state index contributed by atoms with van der Waals surface area (Å²) in [5.41, 5.74) is 0.615. The molecule has 0 aliphatic carbocycles. The quantitative estimate of drug-likeness (QED) is 0.636. The lowest BCUT2D eigenvalue weighted by Gasteiger charge is -2.20. The molecule has 2 N–H and O–H groups in total. The molecule has 0 saturated carbocycles. The van der Waals surface area contributed by atoms with Crippen LogP contribution in [-0.2, 0) is 9.59 Å². The third-order valence-electron chi connectivity index (χ3n) is 3.11. The maximum absolute atomic E-state index is 12.0. The highest BCUT2D eigenvalue weighted by molar-refractivity contribution is 7.99.